The standard InChI is InChI=1S/C19H25N3O4/c1-17(2,3)26-16(25)22-19-9-8-18(10-19,11-19)15(24)21-13-7-5-4-6-12(13)14(20)23/h4-7H,8-11H2,1-3H3,(H2,20,23)(H,21,24)(H,22,25). The molecule has 0 atom stereocenters. The van der Waals surface area contributed by atoms with Gasteiger partial charge in [0.15, 0.2) is 0 Å². The van der Waals surface area contributed by atoms with E-state index in [0.717, 1.165) is 6.42 Å². The summed E-state index contributed by atoms with van der Waals surface area (Å²) in [6, 6.07) is 6.68. The molecule has 4 N–H and O–H groups in total. The van der Waals surface area contributed by atoms with E-state index < -0.39 is 23.0 Å². The van der Waals surface area contributed by atoms with E-state index in [9.17, 15) is 14.4 Å². The van der Waals surface area contributed by atoms with Crippen molar-refractivity contribution in [2.24, 2.45) is 11.1 Å². The summed E-state index contributed by atoms with van der Waals surface area (Å²) in [5.74, 6) is -0.718. The van der Waals surface area contributed by atoms with Gasteiger partial charge in [-0.2, -0.15) is 0 Å². The Morgan fingerprint density at radius 3 is 2.38 bits per heavy atom. The smallest absolute Gasteiger partial charge is 0.408 e. The zero-order valence-corrected chi connectivity index (χ0v) is 15.3. The van der Waals surface area contributed by atoms with Crippen LogP contribution in [0.2, 0.25) is 0 Å². The van der Waals surface area contributed by atoms with Gasteiger partial charge in [0.05, 0.1) is 16.7 Å². The van der Waals surface area contributed by atoms with Crippen LogP contribution in [0, 0.1) is 5.41 Å². The molecule has 2 bridgehead atoms. The molecule has 0 aromatic heterocycles. The van der Waals surface area contributed by atoms with Crippen molar-refractivity contribution in [2.45, 2.75) is 57.6 Å². The van der Waals surface area contributed by atoms with Crippen molar-refractivity contribution in [3.8, 4) is 0 Å². The summed E-state index contributed by atoms with van der Waals surface area (Å²) in [6.45, 7) is 5.44. The van der Waals surface area contributed by atoms with E-state index >= 15 is 0 Å². The van der Waals surface area contributed by atoms with Gasteiger partial charge in [0.1, 0.15) is 5.60 Å². The third-order valence-corrected chi connectivity index (χ3v) is 5.12. The molecule has 7 heteroatoms. The fourth-order valence-electron chi connectivity index (χ4n) is 4.08. The monoisotopic (exact) mass is 359 g/mol. The number of rotatable bonds is 4. The zero-order chi connectivity index (χ0) is 19.2. The zero-order valence-electron chi connectivity index (χ0n) is 15.3. The van der Waals surface area contributed by atoms with Crippen molar-refractivity contribution in [2.75, 3.05) is 5.32 Å². The molecule has 0 radical (unpaired) electrons. The molecule has 3 aliphatic carbocycles. The largest absolute Gasteiger partial charge is 0.444 e. The molecule has 0 heterocycles. The van der Waals surface area contributed by atoms with E-state index in [4.69, 9.17) is 10.5 Å². The maximum absolute atomic E-state index is 12.8. The Labute approximate surface area is 152 Å². The highest BCUT2D eigenvalue weighted by atomic mass is 16.6. The molecule has 0 spiro atoms. The molecule has 3 aliphatic rings. The van der Waals surface area contributed by atoms with E-state index in [1.165, 1.54) is 0 Å². The molecule has 0 saturated heterocycles. The number of alkyl carbamates (subject to hydrolysis) is 1. The third-order valence-electron chi connectivity index (χ3n) is 5.12. The first-order chi connectivity index (χ1) is 12.0. The van der Waals surface area contributed by atoms with Gasteiger partial charge in [0.2, 0.25) is 5.91 Å². The minimum Gasteiger partial charge on any atom is -0.444 e. The number of hydrogen-bond acceptors (Lipinski definition) is 4. The molecule has 0 unspecified atom stereocenters. The van der Waals surface area contributed by atoms with Gasteiger partial charge in [-0.25, -0.2) is 4.79 Å². The number of fused-ring (bicyclic) bond motifs is 1. The van der Waals surface area contributed by atoms with E-state index in [0.29, 0.717) is 24.9 Å². The number of nitrogens with two attached hydrogens (primary N) is 1. The molecule has 0 aliphatic heterocycles. The number of amides is 3. The maximum Gasteiger partial charge on any atom is 0.408 e. The van der Waals surface area contributed by atoms with Crippen LogP contribution in [-0.4, -0.2) is 29.0 Å². The van der Waals surface area contributed by atoms with Gasteiger partial charge in [-0.1, -0.05) is 12.1 Å². The van der Waals surface area contributed by atoms with Gasteiger partial charge in [-0.05, 0) is 58.6 Å². The van der Waals surface area contributed by atoms with E-state index in [1.807, 2.05) is 20.8 Å². The number of hydrogen-bond donors (Lipinski definition) is 3. The highest BCUT2D eigenvalue weighted by molar-refractivity contribution is 6.05. The fourth-order valence-corrected chi connectivity index (χ4v) is 4.08. The van der Waals surface area contributed by atoms with Crippen LogP contribution in [0.4, 0.5) is 10.5 Å². The predicted octanol–water partition coefficient (Wildman–Crippen LogP) is 2.56. The van der Waals surface area contributed by atoms with E-state index in [-0.39, 0.29) is 17.0 Å². The minimum atomic E-state index is -0.584. The summed E-state index contributed by atoms with van der Waals surface area (Å²) < 4.78 is 5.32. The predicted molar refractivity (Wildman–Crippen MR) is 96.6 cm³/mol. The van der Waals surface area contributed by atoms with Crippen LogP contribution < -0.4 is 16.4 Å². The van der Waals surface area contributed by atoms with Crippen LogP contribution in [-0.2, 0) is 9.53 Å². The molecule has 4 rings (SSSR count). The molecule has 7 nitrogen and oxygen atoms in total. The number of ether oxygens (including phenoxy) is 1. The summed E-state index contributed by atoms with van der Waals surface area (Å²) >= 11 is 0. The number of carbonyl (C=O) groups is 3. The highest BCUT2D eigenvalue weighted by Crippen LogP contribution is 2.61. The first-order valence-electron chi connectivity index (χ1n) is 8.76. The Morgan fingerprint density at radius 1 is 1.12 bits per heavy atom. The van der Waals surface area contributed by atoms with Gasteiger partial charge >= 0.3 is 6.09 Å². The molecular formula is C19H25N3O4. The number of primary amides is 1. The number of carbonyl (C=O) groups excluding carboxylic acids is 3. The van der Waals surface area contributed by atoms with Gasteiger partial charge in [0.25, 0.3) is 5.91 Å². The third kappa shape index (κ3) is 3.38. The van der Waals surface area contributed by atoms with E-state index in [1.54, 1.807) is 24.3 Å². The lowest BCUT2D eigenvalue weighted by Crippen LogP contribution is -2.59. The van der Waals surface area contributed by atoms with Crippen molar-refractivity contribution in [1.82, 2.24) is 5.32 Å². The van der Waals surface area contributed by atoms with Crippen molar-refractivity contribution in [3.63, 3.8) is 0 Å². The second-order valence-electron chi connectivity index (χ2n) is 8.41. The number of para-hydroxylation sites is 1. The Balaban J connectivity index is 1.64. The van der Waals surface area contributed by atoms with Gasteiger partial charge in [-0.3, -0.25) is 9.59 Å². The van der Waals surface area contributed by atoms with Crippen molar-refractivity contribution < 1.29 is 19.1 Å². The second kappa shape index (κ2) is 6.00. The topological polar surface area (TPSA) is 111 Å². The lowest BCUT2D eigenvalue weighted by atomic mass is 9.64. The SMILES string of the molecule is CC(C)(C)OC(=O)NC12CCC(C(=O)Nc3ccccc3C(N)=O)(C1)C2. The molecule has 26 heavy (non-hydrogen) atoms. The average molecular weight is 359 g/mol. The van der Waals surface area contributed by atoms with Gasteiger partial charge in [0, 0.05) is 5.54 Å². The van der Waals surface area contributed by atoms with Crippen LogP contribution >= 0.6 is 0 Å². The lowest BCUT2D eigenvalue weighted by molar-refractivity contribution is -0.130. The normalized spacial score (nSPS) is 26.6. The summed E-state index contributed by atoms with van der Waals surface area (Å²) in [5.41, 5.74) is 4.62. The molecule has 3 fully saturated rings. The molecule has 3 saturated carbocycles. The van der Waals surface area contributed by atoms with E-state index in [2.05, 4.69) is 10.6 Å². The quantitative estimate of drug-likeness (QED) is 0.767. The van der Waals surface area contributed by atoms with Gasteiger partial charge in [-0.15, -0.1) is 0 Å². The Morgan fingerprint density at radius 2 is 1.77 bits per heavy atom. The summed E-state index contributed by atoms with van der Waals surface area (Å²) in [7, 11) is 0. The van der Waals surface area contributed by atoms with Crippen LogP contribution in [0.15, 0.2) is 24.3 Å². The Kier molecular flexibility index (Phi) is 4.21. The second-order valence-corrected chi connectivity index (χ2v) is 8.41. The van der Waals surface area contributed by atoms with Crippen molar-refractivity contribution in [3.05, 3.63) is 29.8 Å². The van der Waals surface area contributed by atoms with Crippen LogP contribution in [0.25, 0.3) is 0 Å². The minimum absolute atomic E-state index is 0.134. The average Bonchev–Trinajstić information content (AvgIpc) is 3.01. The summed E-state index contributed by atoms with van der Waals surface area (Å²) in [5, 5.41) is 5.77. The maximum atomic E-state index is 12.8. The number of nitrogens with one attached hydrogen (secondary N) is 2. The molecule has 140 valence electrons. The Bertz CT molecular complexity index is 760. The molecule has 3 amide bonds. The lowest BCUT2D eigenvalue weighted by Gasteiger charge is -2.46. The summed E-state index contributed by atoms with van der Waals surface area (Å²) in [4.78, 5) is 36.4. The Hall–Kier alpha value is -2.57. The molecule has 1 aromatic carbocycles. The van der Waals surface area contributed by atoms with Crippen LogP contribution in [0.3, 0.4) is 0 Å². The number of anilines is 1. The molecule has 1 aromatic rings. The van der Waals surface area contributed by atoms with Crippen molar-refractivity contribution in [1.29, 1.82) is 0 Å². The van der Waals surface area contributed by atoms with Crippen LogP contribution in [0.1, 0.15) is 56.8 Å². The van der Waals surface area contributed by atoms with Crippen molar-refractivity contribution >= 4 is 23.6 Å². The first kappa shape index (κ1) is 18.2. The van der Waals surface area contributed by atoms with Gasteiger partial charge < -0.3 is 21.1 Å². The highest BCUT2D eigenvalue weighted by Gasteiger charge is 2.65. The fraction of sp³-hybridized carbons (Fsp3) is 0.526. The summed E-state index contributed by atoms with van der Waals surface area (Å²) in [6.07, 6.45) is 2.12. The first-order valence-corrected chi connectivity index (χ1v) is 8.76. The number of benzene rings is 1. The van der Waals surface area contributed by atoms with Crippen LogP contribution in [0.5, 0.6) is 0 Å². The molecular weight excluding hydrogens is 334 g/mol.